The third-order valence-corrected chi connectivity index (χ3v) is 18.6. The van der Waals surface area contributed by atoms with Gasteiger partial charge in [-0.05, 0) is 85.2 Å². The Labute approximate surface area is 321 Å². The topological polar surface area (TPSA) is 35.1 Å². The number of imidazole rings is 2. The minimum Gasteiger partial charge on any atom is -0.276 e. The fourth-order valence-corrected chi connectivity index (χ4v) is 15.8. The molecular formula is C48H40N4SSi. The minimum atomic E-state index is -3.04. The van der Waals surface area contributed by atoms with Crippen LogP contribution in [-0.2, 0) is 10.8 Å². The lowest BCUT2D eigenvalue weighted by atomic mass is 9.61. The Bertz CT molecular complexity index is 2830. The predicted octanol–water partition coefficient (Wildman–Crippen LogP) is 8.92. The number of para-hydroxylation sites is 4. The summed E-state index contributed by atoms with van der Waals surface area (Å²) in [4.78, 5) is 13.1. The van der Waals surface area contributed by atoms with Crippen LogP contribution in [0.3, 0.4) is 0 Å². The van der Waals surface area contributed by atoms with Gasteiger partial charge >= 0.3 is 0 Å². The van der Waals surface area contributed by atoms with Crippen LogP contribution in [0.25, 0.3) is 33.7 Å². The normalized spacial score (nSPS) is 14.9. The molecule has 0 saturated heterocycles. The first kappa shape index (κ1) is 32.9. The molecule has 0 atom stereocenters. The third-order valence-electron chi connectivity index (χ3n) is 12.4. The lowest BCUT2D eigenvalue weighted by Crippen LogP contribution is -2.75. The van der Waals surface area contributed by atoms with Crippen molar-refractivity contribution in [3.63, 3.8) is 0 Å². The van der Waals surface area contributed by atoms with E-state index in [2.05, 4.69) is 200 Å². The maximum absolute atomic E-state index is 5.21. The molecule has 0 amide bonds. The molecule has 0 radical (unpaired) electrons. The first-order valence-electron chi connectivity index (χ1n) is 18.7. The molecule has 0 N–H and O–H groups in total. The lowest BCUT2D eigenvalue weighted by molar-refractivity contribution is 0.296. The Morgan fingerprint density at radius 3 is 1.87 bits per heavy atom. The van der Waals surface area contributed by atoms with E-state index in [-0.39, 0.29) is 10.8 Å². The highest BCUT2D eigenvalue weighted by Crippen LogP contribution is 2.53. The Hall–Kier alpha value is -5.69. The number of fused-ring (bicyclic) bond motifs is 7. The van der Waals surface area contributed by atoms with E-state index in [9.17, 15) is 0 Å². The smallest absolute Gasteiger partial charge is 0.221 e. The second-order valence-electron chi connectivity index (χ2n) is 15.5. The monoisotopic (exact) mass is 732 g/mol. The lowest BCUT2D eigenvalue weighted by Gasteiger charge is -2.43. The van der Waals surface area contributed by atoms with Gasteiger partial charge in [0.25, 0.3) is 0 Å². The number of aromatic nitrogens is 4. The molecule has 1 aliphatic rings. The zero-order valence-corrected chi connectivity index (χ0v) is 32.7. The highest BCUT2D eigenvalue weighted by atomic mass is 32.2. The van der Waals surface area contributed by atoms with Crippen LogP contribution in [0.15, 0.2) is 180 Å². The molecule has 9 aromatic rings. The maximum Gasteiger partial charge on any atom is 0.221 e. The largest absolute Gasteiger partial charge is 0.276 e. The zero-order chi connectivity index (χ0) is 36.7. The molecule has 0 saturated carbocycles. The summed E-state index contributed by atoms with van der Waals surface area (Å²) >= 11 is 1.95. The van der Waals surface area contributed by atoms with Crippen molar-refractivity contribution in [2.45, 2.75) is 48.3 Å². The fourth-order valence-electron chi connectivity index (χ4n) is 8.98. The van der Waals surface area contributed by atoms with E-state index in [0.29, 0.717) is 0 Å². The van der Waals surface area contributed by atoms with Gasteiger partial charge in [-0.1, -0.05) is 161 Å². The molecule has 54 heavy (non-hydrogen) atoms. The summed E-state index contributed by atoms with van der Waals surface area (Å²) in [6.07, 6.45) is 2.02. The maximum atomic E-state index is 5.21. The Morgan fingerprint density at radius 2 is 1.13 bits per heavy atom. The first-order valence-corrected chi connectivity index (χ1v) is 21.5. The van der Waals surface area contributed by atoms with Gasteiger partial charge in [-0.25, -0.2) is 9.97 Å². The molecule has 3 aromatic heterocycles. The quantitative estimate of drug-likeness (QED) is 0.131. The van der Waals surface area contributed by atoms with Gasteiger partial charge in [0.15, 0.2) is 8.07 Å². The average molecular weight is 733 g/mol. The molecule has 0 aliphatic carbocycles. The van der Waals surface area contributed by atoms with Crippen molar-refractivity contribution in [2.24, 2.45) is 0 Å². The van der Waals surface area contributed by atoms with Gasteiger partial charge < -0.3 is 0 Å². The first-order chi connectivity index (χ1) is 26.3. The van der Waals surface area contributed by atoms with Crippen LogP contribution < -0.4 is 20.7 Å². The summed E-state index contributed by atoms with van der Waals surface area (Å²) in [5, 5.41) is 5.35. The van der Waals surface area contributed by atoms with Crippen LogP contribution in [0.4, 0.5) is 0 Å². The molecule has 6 aromatic carbocycles. The average Bonchev–Trinajstić information content (AvgIpc) is 3.72. The summed E-state index contributed by atoms with van der Waals surface area (Å²) in [5.41, 5.74) is 6.77. The van der Waals surface area contributed by atoms with Crippen LogP contribution >= 0.6 is 11.8 Å². The van der Waals surface area contributed by atoms with E-state index in [0.717, 1.165) is 33.7 Å². The molecule has 10 rings (SSSR count). The van der Waals surface area contributed by atoms with Gasteiger partial charge in [0, 0.05) is 16.0 Å². The molecule has 262 valence electrons. The van der Waals surface area contributed by atoms with Gasteiger partial charge in [-0.2, -0.15) is 0 Å². The SMILES string of the molecule is CC1(C)c2ccccc2Sc2c(cccc2[Si](c2ccccc2)(c2ccccc2)c2ccnc(-n3c4ccccc4n4c5ccccc5nc34)c2)C1(C)C. The summed E-state index contributed by atoms with van der Waals surface area (Å²) in [7, 11) is -3.04. The highest BCUT2D eigenvalue weighted by Gasteiger charge is 2.49. The summed E-state index contributed by atoms with van der Waals surface area (Å²) < 4.78 is 4.52. The summed E-state index contributed by atoms with van der Waals surface area (Å²) in [6.45, 7) is 9.72. The van der Waals surface area contributed by atoms with Gasteiger partial charge in [-0.3, -0.25) is 8.97 Å². The third kappa shape index (κ3) is 4.56. The Morgan fingerprint density at radius 1 is 0.537 bits per heavy atom. The second-order valence-corrected chi connectivity index (χ2v) is 20.3. The van der Waals surface area contributed by atoms with Crippen molar-refractivity contribution in [3.05, 3.63) is 181 Å². The van der Waals surface area contributed by atoms with Crippen molar-refractivity contribution in [1.82, 2.24) is 18.9 Å². The fraction of sp³-hybridized carbons (Fsp3) is 0.125. The number of rotatable bonds is 5. The standard InChI is InChI=1S/C48H40N4SSi/c1-47(2)36-22-11-16-28-42(36)53-45-37(48(47,3)4)23-17-29-43(45)54(33-18-7-5-8-19-33,34-20-9-6-10-21-34)35-30-31-49-44(32-35)52-41-27-15-14-26-40(41)51-39-25-13-12-24-38(39)50-46(51)52/h5-32H,1-4H3. The molecule has 6 heteroatoms. The van der Waals surface area contributed by atoms with Crippen LogP contribution in [0.2, 0.25) is 0 Å². The van der Waals surface area contributed by atoms with E-state index >= 15 is 0 Å². The highest BCUT2D eigenvalue weighted by molar-refractivity contribution is 7.99. The van der Waals surface area contributed by atoms with Crippen molar-refractivity contribution in [3.8, 4) is 5.82 Å². The number of hydrogen-bond donors (Lipinski definition) is 0. The van der Waals surface area contributed by atoms with Crippen LogP contribution in [0.5, 0.6) is 0 Å². The van der Waals surface area contributed by atoms with Crippen molar-refractivity contribution in [2.75, 3.05) is 0 Å². The Balaban J connectivity index is 1.32. The summed E-state index contributed by atoms with van der Waals surface area (Å²) in [6, 6.07) is 60.3. The second kappa shape index (κ2) is 12.2. The van der Waals surface area contributed by atoms with Crippen molar-refractivity contribution < 1.29 is 0 Å². The van der Waals surface area contributed by atoms with Gasteiger partial charge in [-0.15, -0.1) is 0 Å². The number of hydrogen-bond acceptors (Lipinski definition) is 3. The Kier molecular flexibility index (Phi) is 7.42. The number of nitrogens with zero attached hydrogens (tertiary/aromatic N) is 4. The molecular weight excluding hydrogens is 693 g/mol. The molecule has 4 heterocycles. The van der Waals surface area contributed by atoms with E-state index < -0.39 is 8.07 Å². The molecule has 0 spiro atoms. The molecule has 0 bridgehead atoms. The van der Waals surface area contributed by atoms with Crippen molar-refractivity contribution in [1.29, 1.82) is 0 Å². The van der Waals surface area contributed by atoms with Gasteiger partial charge in [0.05, 0.1) is 22.1 Å². The molecule has 1 aliphatic heterocycles. The molecule has 0 unspecified atom stereocenters. The van der Waals surface area contributed by atoms with Crippen LogP contribution in [-0.4, -0.2) is 27.0 Å². The van der Waals surface area contributed by atoms with Crippen LogP contribution in [0.1, 0.15) is 38.8 Å². The van der Waals surface area contributed by atoms with Gasteiger partial charge in [0.1, 0.15) is 5.82 Å². The van der Waals surface area contributed by atoms with Crippen LogP contribution in [0, 0.1) is 0 Å². The van der Waals surface area contributed by atoms with Crippen molar-refractivity contribution >= 4 is 68.4 Å². The minimum absolute atomic E-state index is 0.109. The van der Waals surface area contributed by atoms with E-state index in [4.69, 9.17) is 9.97 Å². The van der Waals surface area contributed by atoms with E-state index in [1.165, 1.54) is 41.7 Å². The molecule has 0 fully saturated rings. The summed E-state index contributed by atoms with van der Waals surface area (Å²) in [5.74, 6) is 1.72. The predicted molar refractivity (Wildman–Crippen MR) is 228 cm³/mol. The number of pyridine rings is 1. The molecule has 4 nitrogen and oxygen atoms in total. The zero-order valence-electron chi connectivity index (χ0n) is 30.9. The van der Waals surface area contributed by atoms with Gasteiger partial charge in [0.2, 0.25) is 5.78 Å². The van der Waals surface area contributed by atoms with E-state index in [1.807, 2.05) is 18.0 Å². The van der Waals surface area contributed by atoms with E-state index in [1.54, 1.807) is 0 Å². The number of benzene rings is 6.